The monoisotopic (exact) mass is 232 g/mol. The predicted molar refractivity (Wildman–Crippen MR) is 63.8 cm³/mol. The Bertz CT molecular complexity index is 396. The second-order valence-electron chi connectivity index (χ2n) is 4.14. The molecule has 0 aromatic heterocycles. The highest BCUT2D eigenvalue weighted by Gasteiger charge is 2.15. The Morgan fingerprint density at radius 3 is 2.59 bits per heavy atom. The lowest BCUT2D eigenvalue weighted by atomic mass is 10.2. The first-order valence-corrected chi connectivity index (χ1v) is 5.51. The van der Waals surface area contributed by atoms with Gasteiger partial charge in [-0.05, 0) is 11.5 Å². The second-order valence-corrected chi connectivity index (χ2v) is 4.14. The third-order valence-corrected chi connectivity index (χ3v) is 2.09. The Kier molecular flexibility index (Phi) is 5.02. The summed E-state index contributed by atoms with van der Waals surface area (Å²) in [5.74, 6) is 0.235. The fourth-order valence-corrected chi connectivity index (χ4v) is 1.32. The van der Waals surface area contributed by atoms with Gasteiger partial charge in [0.1, 0.15) is 6.61 Å². The molecule has 0 saturated heterocycles. The number of hydrogen-bond acceptors (Lipinski definition) is 3. The summed E-state index contributed by atoms with van der Waals surface area (Å²) in [7, 11) is 0. The van der Waals surface area contributed by atoms with Gasteiger partial charge in [0.05, 0.1) is 0 Å². The maximum atomic E-state index is 11.6. The number of rotatable bonds is 4. The third kappa shape index (κ3) is 4.56. The zero-order valence-corrected chi connectivity index (χ0v) is 10.1. The molecule has 0 radical (unpaired) electrons. The van der Waals surface area contributed by atoms with E-state index in [1.807, 2.05) is 50.4 Å². The first-order chi connectivity index (χ1) is 8.13. The normalized spacial score (nSPS) is 9.76. The largest absolute Gasteiger partial charge is 0.444 e. The third-order valence-electron chi connectivity index (χ3n) is 2.09. The summed E-state index contributed by atoms with van der Waals surface area (Å²) < 4.78 is 5.05. The number of ether oxygens (including phenoxy) is 1. The molecular formula is C13H16N2O2. The topological polar surface area (TPSA) is 53.3 Å². The quantitative estimate of drug-likeness (QED) is 0.592. The Balaban J connectivity index is 2.46. The lowest BCUT2D eigenvalue weighted by molar-refractivity contribution is 0.110. The standard InChI is InChI=1S/C13H16N2O2/c1-11(2)8-15(10-14)13(16)17-9-12-6-4-3-5-7-12/h3-7,11H,8-9H2,1-2H3. The molecule has 1 rings (SSSR count). The minimum atomic E-state index is -0.593. The van der Waals surface area contributed by atoms with Crippen LogP contribution in [0.5, 0.6) is 0 Å². The zero-order valence-electron chi connectivity index (χ0n) is 10.1. The first-order valence-electron chi connectivity index (χ1n) is 5.51. The van der Waals surface area contributed by atoms with Crippen LogP contribution in [0.15, 0.2) is 30.3 Å². The van der Waals surface area contributed by atoms with Gasteiger partial charge in [-0.25, -0.2) is 9.69 Å². The highest BCUT2D eigenvalue weighted by Crippen LogP contribution is 2.04. The van der Waals surface area contributed by atoms with Crippen LogP contribution in [0.4, 0.5) is 4.79 Å². The molecule has 4 heteroatoms. The van der Waals surface area contributed by atoms with E-state index in [1.54, 1.807) is 0 Å². The first kappa shape index (κ1) is 13.0. The average Bonchev–Trinajstić information content (AvgIpc) is 2.34. The van der Waals surface area contributed by atoms with Crippen molar-refractivity contribution in [3.05, 3.63) is 35.9 Å². The van der Waals surface area contributed by atoms with Crippen molar-refractivity contribution in [1.82, 2.24) is 4.90 Å². The molecule has 0 aliphatic rings. The van der Waals surface area contributed by atoms with Crippen molar-refractivity contribution in [2.45, 2.75) is 20.5 Å². The Morgan fingerprint density at radius 1 is 1.41 bits per heavy atom. The Labute approximate surface area is 101 Å². The molecule has 0 spiro atoms. The summed E-state index contributed by atoms with van der Waals surface area (Å²) in [6.45, 7) is 4.45. The molecule has 1 amide bonds. The summed E-state index contributed by atoms with van der Waals surface area (Å²) >= 11 is 0. The zero-order chi connectivity index (χ0) is 12.7. The van der Waals surface area contributed by atoms with Gasteiger partial charge in [0.2, 0.25) is 0 Å². The second kappa shape index (κ2) is 6.54. The molecule has 0 heterocycles. The fraction of sp³-hybridized carbons (Fsp3) is 0.385. The molecule has 0 unspecified atom stereocenters. The number of carbonyl (C=O) groups is 1. The summed E-state index contributed by atoms with van der Waals surface area (Å²) in [6.07, 6.45) is 1.24. The van der Waals surface area contributed by atoms with E-state index in [1.165, 1.54) is 0 Å². The molecule has 0 saturated carbocycles. The van der Waals surface area contributed by atoms with Crippen LogP contribution in [-0.2, 0) is 11.3 Å². The van der Waals surface area contributed by atoms with E-state index in [0.29, 0.717) is 6.54 Å². The minimum Gasteiger partial charge on any atom is -0.444 e. The molecule has 0 N–H and O–H groups in total. The van der Waals surface area contributed by atoms with E-state index in [2.05, 4.69) is 0 Å². The van der Waals surface area contributed by atoms with Crippen LogP contribution in [0.1, 0.15) is 19.4 Å². The highest BCUT2D eigenvalue weighted by molar-refractivity contribution is 5.69. The lowest BCUT2D eigenvalue weighted by Crippen LogP contribution is -2.30. The SMILES string of the molecule is CC(C)CN(C#N)C(=O)OCc1ccccc1. The molecule has 90 valence electrons. The predicted octanol–water partition coefficient (Wildman–Crippen LogP) is 2.76. The van der Waals surface area contributed by atoms with Crippen LogP contribution in [0.2, 0.25) is 0 Å². The van der Waals surface area contributed by atoms with Crippen LogP contribution < -0.4 is 0 Å². The van der Waals surface area contributed by atoms with E-state index in [0.717, 1.165) is 10.5 Å². The van der Waals surface area contributed by atoms with Crippen LogP contribution in [0.25, 0.3) is 0 Å². The molecule has 1 aromatic carbocycles. The number of nitriles is 1. The van der Waals surface area contributed by atoms with Crippen molar-refractivity contribution in [2.24, 2.45) is 5.92 Å². The molecule has 0 aliphatic carbocycles. The molecule has 1 aromatic rings. The van der Waals surface area contributed by atoms with Crippen LogP contribution >= 0.6 is 0 Å². The van der Waals surface area contributed by atoms with Crippen LogP contribution in [-0.4, -0.2) is 17.5 Å². The molecule has 0 atom stereocenters. The van der Waals surface area contributed by atoms with Crippen molar-refractivity contribution in [1.29, 1.82) is 5.26 Å². The smallest absolute Gasteiger partial charge is 0.423 e. The average molecular weight is 232 g/mol. The number of hydrogen-bond donors (Lipinski definition) is 0. The Morgan fingerprint density at radius 2 is 2.06 bits per heavy atom. The van der Waals surface area contributed by atoms with Gasteiger partial charge in [-0.1, -0.05) is 44.2 Å². The van der Waals surface area contributed by atoms with Crippen molar-refractivity contribution < 1.29 is 9.53 Å². The molecule has 17 heavy (non-hydrogen) atoms. The van der Waals surface area contributed by atoms with E-state index in [-0.39, 0.29) is 12.5 Å². The molecule has 4 nitrogen and oxygen atoms in total. The Hall–Kier alpha value is -2.02. The lowest BCUT2D eigenvalue weighted by Gasteiger charge is -2.15. The van der Waals surface area contributed by atoms with Gasteiger partial charge in [0.15, 0.2) is 6.19 Å². The van der Waals surface area contributed by atoms with E-state index < -0.39 is 6.09 Å². The number of amides is 1. The van der Waals surface area contributed by atoms with Gasteiger partial charge in [-0.15, -0.1) is 0 Å². The number of carbonyl (C=O) groups excluding carboxylic acids is 1. The fourth-order valence-electron chi connectivity index (χ4n) is 1.32. The highest BCUT2D eigenvalue weighted by atomic mass is 16.6. The summed E-state index contributed by atoms with van der Waals surface area (Å²) in [6, 6.07) is 9.38. The summed E-state index contributed by atoms with van der Waals surface area (Å²) in [4.78, 5) is 12.6. The van der Waals surface area contributed by atoms with Crippen LogP contribution in [0.3, 0.4) is 0 Å². The molecule has 0 fully saturated rings. The van der Waals surface area contributed by atoms with Gasteiger partial charge < -0.3 is 4.74 Å². The molecule has 0 bridgehead atoms. The van der Waals surface area contributed by atoms with Gasteiger partial charge in [0, 0.05) is 6.54 Å². The summed E-state index contributed by atoms with van der Waals surface area (Å²) in [5, 5.41) is 8.82. The molecule has 0 aliphatic heterocycles. The maximum Gasteiger partial charge on any atom is 0.423 e. The van der Waals surface area contributed by atoms with Crippen molar-refractivity contribution in [3.63, 3.8) is 0 Å². The van der Waals surface area contributed by atoms with Crippen molar-refractivity contribution in [3.8, 4) is 6.19 Å². The van der Waals surface area contributed by atoms with Crippen molar-refractivity contribution >= 4 is 6.09 Å². The number of nitrogens with zero attached hydrogens (tertiary/aromatic N) is 2. The number of benzene rings is 1. The molecular weight excluding hydrogens is 216 g/mol. The van der Waals surface area contributed by atoms with E-state index in [4.69, 9.17) is 10.00 Å². The van der Waals surface area contributed by atoms with Gasteiger partial charge in [-0.2, -0.15) is 5.26 Å². The van der Waals surface area contributed by atoms with Gasteiger partial charge in [-0.3, -0.25) is 0 Å². The van der Waals surface area contributed by atoms with Gasteiger partial charge in [0.25, 0.3) is 0 Å². The van der Waals surface area contributed by atoms with E-state index in [9.17, 15) is 4.79 Å². The van der Waals surface area contributed by atoms with Gasteiger partial charge >= 0.3 is 6.09 Å². The van der Waals surface area contributed by atoms with E-state index >= 15 is 0 Å². The van der Waals surface area contributed by atoms with Crippen LogP contribution in [0, 0.1) is 17.4 Å². The minimum absolute atomic E-state index is 0.190. The summed E-state index contributed by atoms with van der Waals surface area (Å²) in [5.41, 5.74) is 0.906. The maximum absolute atomic E-state index is 11.6. The van der Waals surface area contributed by atoms with Crippen molar-refractivity contribution in [2.75, 3.05) is 6.54 Å².